The molecular formula is C24H28ClN7O4. The number of tetrazole rings is 1. The summed E-state index contributed by atoms with van der Waals surface area (Å²) in [5.74, 6) is -0.0208. The molecule has 190 valence electrons. The molecule has 0 saturated carbocycles. The van der Waals surface area contributed by atoms with Crippen LogP contribution in [0.3, 0.4) is 0 Å². The maximum absolute atomic E-state index is 12.8. The van der Waals surface area contributed by atoms with Crippen molar-refractivity contribution in [3.63, 3.8) is 0 Å². The number of amides is 2. The van der Waals surface area contributed by atoms with Crippen LogP contribution < -0.4 is 11.1 Å². The molecule has 0 radical (unpaired) electrons. The van der Waals surface area contributed by atoms with Crippen LogP contribution in [-0.2, 0) is 18.4 Å². The van der Waals surface area contributed by atoms with Gasteiger partial charge in [-0.1, -0.05) is 17.7 Å². The number of halogens is 1. The maximum atomic E-state index is 12.8. The second-order valence-corrected chi connectivity index (χ2v) is 9.27. The number of piperidine rings is 1. The quantitative estimate of drug-likeness (QED) is 0.456. The Morgan fingerprint density at radius 1 is 1.28 bits per heavy atom. The molecule has 0 atom stereocenters. The van der Waals surface area contributed by atoms with Gasteiger partial charge in [0.1, 0.15) is 0 Å². The third kappa shape index (κ3) is 6.48. The number of hydrogen-bond donors (Lipinski definition) is 1. The predicted octanol–water partition coefficient (Wildman–Crippen LogP) is 2.05. The lowest BCUT2D eigenvalue weighted by Crippen LogP contribution is -2.38. The molecule has 12 heteroatoms. The summed E-state index contributed by atoms with van der Waals surface area (Å²) in [6, 6.07) is 5.48. The fraction of sp³-hybridized carbons (Fsp3) is 0.417. The average Bonchev–Trinajstić information content (AvgIpc) is 3.42. The molecule has 0 unspecified atom stereocenters. The second kappa shape index (κ2) is 11.3. The van der Waals surface area contributed by atoms with Crippen molar-refractivity contribution in [1.82, 2.24) is 35.0 Å². The van der Waals surface area contributed by atoms with Crippen molar-refractivity contribution in [2.24, 2.45) is 13.0 Å². The molecule has 2 aromatic heterocycles. The van der Waals surface area contributed by atoms with Gasteiger partial charge in [-0.25, -0.2) is 4.79 Å². The highest BCUT2D eigenvalue weighted by Gasteiger charge is 2.22. The van der Waals surface area contributed by atoms with Gasteiger partial charge in [0.15, 0.2) is 5.82 Å². The topological polar surface area (TPSA) is 128 Å². The lowest BCUT2D eigenvalue weighted by molar-refractivity contribution is -0.127. The number of rotatable bonds is 8. The van der Waals surface area contributed by atoms with Gasteiger partial charge in [-0.3, -0.25) is 14.2 Å². The SMILES string of the molecule is Cc1nnn(Cc2cc(Cl)ccc2/C=C/C(=O)N2CCC(CCNC(=O)c3cn(C)c(=O)o3)CC2)n1. The molecule has 0 aliphatic carbocycles. The fourth-order valence-electron chi connectivity index (χ4n) is 4.13. The minimum Gasteiger partial charge on any atom is -0.402 e. The molecule has 1 aromatic carbocycles. The van der Waals surface area contributed by atoms with Crippen LogP contribution in [0.4, 0.5) is 0 Å². The Hall–Kier alpha value is -3.73. The number of nitrogens with zero attached hydrogens (tertiary/aromatic N) is 6. The minimum absolute atomic E-state index is 0.00575. The summed E-state index contributed by atoms with van der Waals surface area (Å²) < 4.78 is 6.11. The van der Waals surface area contributed by atoms with E-state index in [0.717, 1.165) is 30.4 Å². The molecule has 3 heterocycles. The monoisotopic (exact) mass is 513 g/mol. The van der Waals surface area contributed by atoms with Gasteiger partial charge in [0.25, 0.3) is 5.91 Å². The molecule has 1 aliphatic rings. The first-order chi connectivity index (χ1) is 17.3. The number of aryl methyl sites for hydroxylation is 2. The van der Waals surface area contributed by atoms with E-state index < -0.39 is 11.7 Å². The molecule has 1 saturated heterocycles. The highest BCUT2D eigenvalue weighted by atomic mass is 35.5. The highest BCUT2D eigenvalue weighted by Crippen LogP contribution is 2.22. The predicted molar refractivity (Wildman–Crippen MR) is 132 cm³/mol. The Labute approximate surface area is 212 Å². The molecule has 0 spiro atoms. The molecule has 1 aliphatic heterocycles. The van der Waals surface area contributed by atoms with E-state index in [2.05, 4.69) is 20.7 Å². The van der Waals surface area contributed by atoms with E-state index in [1.54, 1.807) is 25.1 Å². The van der Waals surface area contributed by atoms with Gasteiger partial charge >= 0.3 is 5.76 Å². The normalized spacial score (nSPS) is 14.5. The van der Waals surface area contributed by atoms with Crippen LogP contribution in [0.1, 0.15) is 46.8 Å². The number of likely N-dealkylation sites (tertiary alicyclic amines) is 1. The number of nitrogens with one attached hydrogen (secondary N) is 1. The van der Waals surface area contributed by atoms with Crippen molar-refractivity contribution in [2.75, 3.05) is 19.6 Å². The van der Waals surface area contributed by atoms with E-state index in [0.29, 0.717) is 42.9 Å². The maximum Gasteiger partial charge on any atom is 0.419 e. The summed E-state index contributed by atoms with van der Waals surface area (Å²) in [6.45, 7) is 3.96. The van der Waals surface area contributed by atoms with Crippen LogP contribution >= 0.6 is 11.6 Å². The first-order valence-corrected chi connectivity index (χ1v) is 12.1. The van der Waals surface area contributed by atoms with E-state index in [-0.39, 0.29) is 11.7 Å². The number of oxazole rings is 1. The summed E-state index contributed by atoms with van der Waals surface area (Å²) in [7, 11) is 1.53. The van der Waals surface area contributed by atoms with Crippen molar-refractivity contribution >= 4 is 29.5 Å². The lowest BCUT2D eigenvalue weighted by atomic mass is 9.93. The zero-order chi connectivity index (χ0) is 25.7. The van der Waals surface area contributed by atoms with Gasteiger partial charge in [0, 0.05) is 37.8 Å². The first kappa shape index (κ1) is 25.4. The standard InChI is InChI=1S/C24H28ClN7O4/c1-16-27-29-32(28-16)14-19-13-20(25)5-3-18(19)4-6-22(33)31-11-8-17(9-12-31)7-10-26-23(34)21-15-30(2)24(35)36-21/h3-6,13,15,17H,7-12,14H2,1-2H3,(H,26,34)/b6-4+. The molecule has 3 aromatic rings. The number of aromatic nitrogens is 5. The summed E-state index contributed by atoms with van der Waals surface area (Å²) in [5.41, 5.74) is 1.75. The number of carbonyl (C=O) groups is 2. The van der Waals surface area contributed by atoms with Gasteiger partial charge < -0.3 is 14.6 Å². The van der Waals surface area contributed by atoms with Crippen LogP contribution in [0.25, 0.3) is 6.08 Å². The van der Waals surface area contributed by atoms with Gasteiger partial charge in [0.2, 0.25) is 11.7 Å². The minimum atomic E-state index is -0.569. The Morgan fingerprint density at radius 3 is 2.72 bits per heavy atom. The van der Waals surface area contributed by atoms with Crippen LogP contribution in [0.5, 0.6) is 0 Å². The van der Waals surface area contributed by atoms with Crippen molar-refractivity contribution in [3.8, 4) is 0 Å². The summed E-state index contributed by atoms with van der Waals surface area (Å²) >= 11 is 6.17. The molecule has 4 rings (SSSR count). The van der Waals surface area contributed by atoms with Gasteiger partial charge in [-0.15, -0.1) is 10.2 Å². The van der Waals surface area contributed by atoms with E-state index in [9.17, 15) is 14.4 Å². The smallest absolute Gasteiger partial charge is 0.402 e. The van der Waals surface area contributed by atoms with E-state index in [1.165, 1.54) is 22.6 Å². The van der Waals surface area contributed by atoms with Crippen molar-refractivity contribution < 1.29 is 14.0 Å². The van der Waals surface area contributed by atoms with Gasteiger partial charge in [-0.2, -0.15) is 4.80 Å². The molecule has 2 amide bonds. The summed E-state index contributed by atoms with van der Waals surface area (Å²) in [6.07, 6.45) is 7.26. The Bertz CT molecular complexity index is 1320. The Balaban J connectivity index is 1.25. The highest BCUT2D eigenvalue weighted by molar-refractivity contribution is 6.30. The zero-order valence-electron chi connectivity index (χ0n) is 20.2. The third-order valence-corrected chi connectivity index (χ3v) is 6.39. The fourth-order valence-corrected chi connectivity index (χ4v) is 4.32. The lowest BCUT2D eigenvalue weighted by Gasteiger charge is -2.31. The second-order valence-electron chi connectivity index (χ2n) is 8.83. The molecular weight excluding hydrogens is 486 g/mol. The number of benzene rings is 1. The summed E-state index contributed by atoms with van der Waals surface area (Å²) in [5, 5.41) is 15.5. The summed E-state index contributed by atoms with van der Waals surface area (Å²) in [4.78, 5) is 39.6. The van der Waals surface area contributed by atoms with E-state index >= 15 is 0 Å². The van der Waals surface area contributed by atoms with Crippen molar-refractivity contribution in [3.05, 3.63) is 68.8 Å². The van der Waals surface area contributed by atoms with Crippen LogP contribution in [0.15, 0.2) is 39.7 Å². The van der Waals surface area contributed by atoms with Gasteiger partial charge in [-0.05, 0) is 66.7 Å². The number of hydrogen-bond acceptors (Lipinski definition) is 7. The molecule has 36 heavy (non-hydrogen) atoms. The Morgan fingerprint density at radius 2 is 2.06 bits per heavy atom. The Kier molecular flexibility index (Phi) is 7.99. The van der Waals surface area contributed by atoms with Crippen LogP contribution in [-0.4, -0.2) is 61.1 Å². The van der Waals surface area contributed by atoms with Crippen molar-refractivity contribution in [2.45, 2.75) is 32.7 Å². The van der Waals surface area contributed by atoms with Crippen molar-refractivity contribution in [1.29, 1.82) is 0 Å². The number of carbonyl (C=O) groups excluding carboxylic acids is 2. The molecule has 11 nitrogen and oxygen atoms in total. The van der Waals surface area contributed by atoms with E-state index in [4.69, 9.17) is 16.0 Å². The van der Waals surface area contributed by atoms with E-state index in [1.807, 2.05) is 17.0 Å². The zero-order valence-corrected chi connectivity index (χ0v) is 20.9. The third-order valence-electron chi connectivity index (χ3n) is 6.16. The van der Waals surface area contributed by atoms with Crippen LogP contribution in [0.2, 0.25) is 5.02 Å². The average molecular weight is 514 g/mol. The van der Waals surface area contributed by atoms with Gasteiger partial charge in [0.05, 0.1) is 12.7 Å². The molecule has 1 N–H and O–H groups in total. The van der Waals surface area contributed by atoms with Crippen LogP contribution in [0, 0.1) is 12.8 Å². The largest absolute Gasteiger partial charge is 0.419 e. The first-order valence-electron chi connectivity index (χ1n) is 11.7. The molecule has 1 fully saturated rings. The molecule has 0 bridgehead atoms.